The molecule has 1 atom stereocenters. The molecule has 3 N–H and O–H groups in total. The molecule has 1 unspecified atom stereocenters. The van der Waals surface area contributed by atoms with Crippen molar-refractivity contribution < 1.29 is 9.59 Å². The van der Waals surface area contributed by atoms with E-state index in [2.05, 4.69) is 15.2 Å². The molecule has 1 saturated heterocycles. The van der Waals surface area contributed by atoms with Crippen molar-refractivity contribution in [2.75, 3.05) is 26.2 Å². The second-order valence-corrected chi connectivity index (χ2v) is 8.52. The first-order valence-corrected chi connectivity index (χ1v) is 11.3. The molecule has 2 heterocycles. The van der Waals surface area contributed by atoms with Gasteiger partial charge in [-0.2, -0.15) is 0 Å². The third-order valence-corrected chi connectivity index (χ3v) is 6.18. The molecule has 3 aromatic rings. The van der Waals surface area contributed by atoms with Gasteiger partial charge in [-0.1, -0.05) is 12.1 Å². The number of likely N-dealkylation sites (tertiary alicyclic amines) is 1. The Balaban J connectivity index is 1.35. The van der Waals surface area contributed by atoms with Gasteiger partial charge in [0.25, 0.3) is 11.5 Å². The highest BCUT2D eigenvalue weighted by molar-refractivity contribution is 5.94. The van der Waals surface area contributed by atoms with Crippen LogP contribution in [0.2, 0.25) is 0 Å². The van der Waals surface area contributed by atoms with Crippen LogP contribution in [-0.2, 0) is 4.79 Å². The molecule has 4 rings (SSSR count). The maximum atomic E-state index is 12.9. The number of hydrogen-bond acceptors (Lipinski definition) is 5. The van der Waals surface area contributed by atoms with Crippen molar-refractivity contribution in [3.63, 3.8) is 0 Å². The van der Waals surface area contributed by atoms with Crippen LogP contribution in [0.5, 0.6) is 0 Å². The van der Waals surface area contributed by atoms with Gasteiger partial charge in [-0.3, -0.25) is 19.0 Å². The zero-order valence-electron chi connectivity index (χ0n) is 18.8. The lowest BCUT2D eigenvalue weighted by molar-refractivity contribution is -0.123. The molecular weight excluding hydrogens is 418 g/mol. The molecule has 0 aliphatic carbocycles. The van der Waals surface area contributed by atoms with E-state index < -0.39 is 0 Å². The first kappa shape index (κ1) is 22.7. The summed E-state index contributed by atoms with van der Waals surface area (Å²) in [6.07, 6.45) is 2.63. The molecule has 172 valence electrons. The number of nitrogens with two attached hydrogens (primary N) is 1. The van der Waals surface area contributed by atoms with E-state index in [1.165, 1.54) is 0 Å². The van der Waals surface area contributed by atoms with E-state index in [0.717, 1.165) is 32.4 Å². The quantitative estimate of drug-likeness (QED) is 0.539. The van der Waals surface area contributed by atoms with Gasteiger partial charge < -0.3 is 16.0 Å². The standard InChI is InChI=1S/C25H29N5O3/c1-17-28-22-8-3-2-7-21(22)25(33)30(17)20-11-9-18(10-12-20)24(32)27-13-5-15-29-14-4-6-19(16-29)23(26)31/h2-3,7-12,19H,4-6,13-16H2,1H3,(H2,26,31)(H,27,32). The fourth-order valence-electron chi connectivity index (χ4n) is 4.41. The number of primary amides is 1. The van der Waals surface area contributed by atoms with Crippen molar-refractivity contribution in [2.24, 2.45) is 11.7 Å². The average Bonchev–Trinajstić information content (AvgIpc) is 2.82. The molecule has 0 spiro atoms. The first-order chi connectivity index (χ1) is 15.9. The highest BCUT2D eigenvalue weighted by atomic mass is 16.2. The minimum atomic E-state index is -0.228. The Labute approximate surface area is 192 Å². The van der Waals surface area contributed by atoms with Gasteiger partial charge in [0.1, 0.15) is 5.82 Å². The Morgan fingerprint density at radius 2 is 1.91 bits per heavy atom. The molecule has 8 heteroatoms. The van der Waals surface area contributed by atoms with Gasteiger partial charge in [-0.25, -0.2) is 4.98 Å². The van der Waals surface area contributed by atoms with Gasteiger partial charge in [-0.05, 0) is 75.7 Å². The summed E-state index contributed by atoms with van der Waals surface area (Å²) < 4.78 is 1.56. The number of rotatable bonds is 7. The predicted molar refractivity (Wildman–Crippen MR) is 127 cm³/mol. The van der Waals surface area contributed by atoms with Crippen LogP contribution in [0.3, 0.4) is 0 Å². The van der Waals surface area contributed by atoms with Crippen LogP contribution in [-0.4, -0.2) is 52.4 Å². The monoisotopic (exact) mass is 447 g/mol. The van der Waals surface area contributed by atoms with E-state index in [-0.39, 0.29) is 23.3 Å². The van der Waals surface area contributed by atoms with Crippen molar-refractivity contribution in [2.45, 2.75) is 26.2 Å². The number of fused-ring (bicyclic) bond motifs is 1. The number of aromatic nitrogens is 2. The number of nitrogens with zero attached hydrogens (tertiary/aromatic N) is 3. The second-order valence-electron chi connectivity index (χ2n) is 8.52. The average molecular weight is 448 g/mol. The van der Waals surface area contributed by atoms with Crippen LogP contribution >= 0.6 is 0 Å². The fourth-order valence-corrected chi connectivity index (χ4v) is 4.41. The molecule has 0 saturated carbocycles. The van der Waals surface area contributed by atoms with Crippen LogP contribution in [0, 0.1) is 12.8 Å². The van der Waals surface area contributed by atoms with E-state index >= 15 is 0 Å². The number of nitrogens with one attached hydrogen (secondary N) is 1. The number of aryl methyl sites for hydroxylation is 1. The summed E-state index contributed by atoms with van der Waals surface area (Å²) in [5.41, 5.74) is 7.17. The molecule has 0 radical (unpaired) electrons. The van der Waals surface area contributed by atoms with Gasteiger partial charge in [0.2, 0.25) is 5.91 Å². The van der Waals surface area contributed by atoms with Gasteiger partial charge >= 0.3 is 0 Å². The number of para-hydroxylation sites is 1. The molecule has 1 aliphatic rings. The number of amides is 2. The largest absolute Gasteiger partial charge is 0.369 e. The summed E-state index contributed by atoms with van der Waals surface area (Å²) in [4.78, 5) is 43.6. The van der Waals surface area contributed by atoms with Crippen LogP contribution in [0.25, 0.3) is 16.6 Å². The molecule has 1 fully saturated rings. The summed E-state index contributed by atoms with van der Waals surface area (Å²) in [7, 11) is 0. The molecular formula is C25H29N5O3. The lowest BCUT2D eigenvalue weighted by Gasteiger charge is -2.31. The summed E-state index contributed by atoms with van der Waals surface area (Å²) in [5.74, 6) is 0.136. The first-order valence-electron chi connectivity index (χ1n) is 11.3. The molecule has 1 aromatic heterocycles. The summed E-state index contributed by atoms with van der Waals surface area (Å²) in [6, 6.07) is 14.2. The number of carbonyl (C=O) groups is 2. The third-order valence-electron chi connectivity index (χ3n) is 6.18. The van der Waals surface area contributed by atoms with Crippen molar-refractivity contribution in [3.05, 3.63) is 70.3 Å². The third kappa shape index (κ3) is 5.12. The van der Waals surface area contributed by atoms with Crippen LogP contribution < -0.4 is 16.6 Å². The molecule has 33 heavy (non-hydrogen) atoms. The number of hydrogen-bond donors (Lipinski definition) is 2. The van der Waals surface area contributed by atoms with Gasteiger partial charge in [0, 0.05) is 18.7 Å². The number of piperidine rings is 1. The predicted octanol–water partition coefficient (Wildman–Crippen LogP) is 2.01. The zero-order chi connectivity index (χ0) is 23.4. The molecule has 2 aromatic carbocycles. The minimum absolute atomic E-state index is 0.0687. The summed E-state index contributed by atoms with van der Waals surface area (Å²) in [6.45, 7) is 4.82. The molecule has 1 aliphatic heterocycles. The molecule has 0 bridgehead atoms. The van der Waals surface area contributed by atoms with Crippen molar-refractivity contribution in [3.8, 4) is 5.69 Å². The lowest BCUT2D eigenvalue weighted by atomic mass is 9.97. The summed E-state index contributed by atoms with van der Waals surface area (Å²) in [5, 5.41) is 3.50. The summed E-state index contributed by atoms with van der Waals surface area (Å²) >= 11 is 0. The topological polar surface area (TPSA) is 110 Å². The number of carbonyl (C=O) groups excluding carboxylic acids is 2. The van der Waals surface area contributed by atoms with Gasteiger partial charge in [0.05, 0.1) is 22.5 Å². The maximum Gasteiger partial charge on any atom is 0.265 e. The van der Waals surface area contributed by atoms with Crippen molar-refractivity contribution in [1.29, 1.82) is 0 Å². The smallest absolute Gasteiger partial charge is 0.265 e. The highest BCUT2D eigenvalue weighted by Gasteiger charge is 2.23. The lowest BCUT2D eigenvalue weighted by Crippen LogP contribution is -2.42. The second kappa shape index (κ2) is 9.95. The van der Waals surface area contributed by atoms with E-state index in [1.54, 1.807) is 41.8 Å². The Bertz CT molecular complexity index is 1220. The fraction of sp³-hybridized carbons (Fsp3) is 0.360. The Kier molecular flexibility index (Phi) is 6.84. The zero-order valence-corrected chi connectivity index (χ0v) is 18.8. The van der Waals surface area contributed by atoms with Crippen LogP contribution in [0.4, 0.5) is 0 Å². The van der Waals surface area contributed by atoms with Crippen molar-refractivity contribution in [1.82, 2.24) is 19.8 Å². The van der Waals surface area contributed by atoms with Crippen LogP contribution in [0.15, 0.2) is 53.3 Å². The van der Waals surface area contributed by atoms with Crippen molar-refractivity contribution >= 4 is 22.7 Å². The Morgan fingerprint density at radius 3 is 2.67 bits per heavy atom. The highest BCUT2D eigenvalue weighted by Crippen LogP contribution is 2.16. The van der Waals surface area contributed by atoms with E-state index in [1.807, 2.05) is 18.2 Å². The SMILES string of the molecule is Cc1nc2ccccc2c(=O)n1-c1ccc(C(=O)NCCCN2CCCC(C(N)=O)C2)cc1. The number of benzene rings is 2. The van der Waals surface area contributed by atoms with Gasteiger partial charge in [-0.15, -0.1) is 0 Å². The normalized spacial score (nSPS) is 16.6. The van der Waals surface area contributed by atoms with Gasteiger partial charge in [0.15, 0.2) is 0 Å². The molecule has 8 nitrogen and oxygen atoms in total. The maximum absolute atomic E-state index is 12.9. The van der Waals surface area contributed by atoms with Crippen LogP contribution in [0.1, 0.15) is 35.4 Å². The molecule has 2 amide bonds. The Hall–Kier alpha value is -3.52. The Morgan fingerprint density at radius 1 is 1.15 bits per heavy atom. The van der Waals surface area contributed by atoms with E-state index in [0.29, 0.717) is 41.1 Å². The van der Waals surface area contributed by atoms with E-state index in [4.69, 9.17) is 5.73 Å². The minimum Gasteiger partial charge on any atom is -0.369 e. The van der Waals surface area contributed by atoms with E-state index in [9.17, 15) is 14.4 Å².